The summed E-state index contributed by atoms with van der Waals surface area (Å²) in [7, 11) is 3.72. The second kappa shape index (κ2) is 10.8. The zero-order valence-corrected chi connectivity index (χ0v) is 16.7. The maximum Gasteiger partial charge on any atom is 0.422 e. The predicted octanol–water partition coefficient (Wildman–Crippen LogP) is 3.44. The number of likely N-dealkylation sites (N-methyl/N-ethyl adjacent to an activating group) is 1. The van der Waals surface area contributed by atoms with Crippen molar-refractivity contribution in [1.82, 2.24) is 20.1 Å². The molecule has 10 heteroatoms. The maximum absolute atomic E-state index is 14.0. The highest BCUT2D eigenvalue weighted by atomic mass is 19.4. The third-order valence-corrected chi connectivity index (χ3v) is 4.05. The van der Waals surface area contributed by atoms with Gasteiger partial charge in [-0.25, -0.2) is 14.2 Å². The molecule has 2 aromatic rings. The quantitative estimate of drug-likeness (QED) is 0.622. The molecule has 0 aliphatic heterocycles. The second-order valence-corrected chi connectivity index (χ2v) is 6.88. The molecule has 1 aromatic carbocycles. The van der Waals surface area contributed by atoms with Gasteiger partial charge in [-0.05, 0) is 31.8 Å². The lowest BCUT2D eigenvalue weighted by Gasteiger charge is -2.25. The fraction of sp³-hybridized carbons (Fsp3) is 0.400. The molecule has 2 rings (SSSR count). The largest absolute Gasteiger partial charge is 0.468 e. The van der Waals surface area contributed by atoms with Gasteiger partial charge in [-0.15, -0.1) is 0 Å². The molecule has 0 radical (unpaired) electrons. The number of rotatable bonds is 9. The van der Waals surface area contributed by atoms with Crippen molar-refractivity contribution >= 4 is 6.03 Å². The van der Waals surface area contributed by atoms with Gasteiger partial charge in [0.15, 0.2) is 6.61 Å². The molecule has 0 aliphatic carbocycles. The van der Waals surface area contributed by atoms with E-state index in [2.05, 4.69) is 15.0 Å². The first-order valence-electron chi connectivity index (χ1n) is 9.19. The van der Waals surface area contributed by atoms with Gasteiger partial charge in [0.2, 0.25) is 5.88 Å². The molecule has 6 nitrogen and oxygen atoms in total. The zero-order valence-electron chi connectivity index (χ0n) is 16.7. The number of carbonyl (C=O) groups is 1. The van der Waals surface area contributed by atoms with Crippen LogP contribution in [0.4, 0.5) is 22.4 Å². The average Bonchev–Trinajstić information content (AvgIpc) is 2.68. The Bertz CT molecular complexity index is 830. The third kappa shape index (κ3) is 8.24. The number of benzene rings is 1. The van der Waals surface area contributed by atoms with Crippen LogP contribution in [0.25, 0.3) is 0 Å². The number of nitrogens with zero attached hydrogens (tertiary/aromatic N) is 3. The van der Waals surface area contributed by atoms with Crippen LogP contribution in [0.1, 0.15) is 11.1 Å². The van der Waals surface area contributed by atoms with Crippen LogP contribution in [0.2, 0.25) is 0 Å². The van der Waals surface area contributed by atoms with Crippen LogP contribution in [0.3, 0.4) is 0 Å². The lowest BCUT2D eigenvalue weighted by molar-refractivity contribution is -0.154. The molecular formula is C20H24F4N4O2. The van der Waals surface area contributed by atoms with Gasteiger partial charge >= 0.3 is 12.2 Å². The SMILES string of the molecule is CN(C)CCN(Cc1ccccc1F)C(=O)NCc1ccnc(OCC(F)(F)F)c1. The molecule has 0 saturated carbocycles. The molecule has 0 fully saturated rings. The third-order valence-electron chi connectivity index (χ3n) is 4.05. The van der Waals surface area contributed by atoms with E-state index in [9.17, 15) is 22.4 Å². The van der Waals surface area contributed by atoms with Crippen LogP contribution < -0.4 is 10.1 Å². The monoisotopic (exact) mass is 428 g/mol. The van der Waals surface area contributed by atoms with Crippen molar-refractivity contribution in [3.63, 3.8) is 0 Å². The Kier molecular flexibility index (Phi) is 8.40. The fourth-order valence-electron chi connectivity index (χ4n) is 2.49. The second-order valence-electron chi connectivity index (χ2n) is 6.88. The van der Waals surface area contributed by atoms with E-state index in [1.807, 2.05) is 19.0 Å². The van der Waals surface area contributed by atoms with Crippen molar-refractivity contribution < 1.29 is 27.1 Å². The number of alkyl halides is 3. The molecule has 2 amide bonds. The standard InChI is InChI=1S/C20H24F4N4O2/c1-27(2)9-10-28(13-16-5-3-4-6-17(16)21)19(29)26-12-15-7-8-25-18(11-15)30-14-20(22,23)24/h3-8,11H,9-10,12-14H2,1-2H3,(H,26,29). The molecule has 0 atom stereocenters. The highest BCUT2D eigenvalue weighted by molar-refractivity contribution is 5.74. The number of urea groups is 1. The van der Waals surface area contributed by atoms with E-state index < -0.39 is 24.6 Å². The fourth-order valence-corrected chi connectivity index (χ4v) is 2.49. The van der Waals surface area contributed by atoms with Crippen LogP contribution >= 0.6 is 0 Å². The summed E-state index contributed by atoms with van der Waals surface area (Å²) in [6.45, 7) is -0.366. The number of carbonyl (C=O) groups excluding carboxylic acids is 1. The molecule has 0 saturated heterocycles. The lowest BCUT2D eigenvalue weighted by atomic mass is 10.2. The number of hydrogen-bond donors (Lipinski definition) is 1. The first kappa shape index (κ1) is 23.4. The van der Waals surface area contributed by atoms with E-state index >= 15 is 0 Å². The Morgan fingerprint density at radius 1 is 1.17 bits per heavy atom. The van der Waals surface area contributed by atoms with Gasteiger partial charge in [0.05, 0.1) is 6.54 Å². The molecule has 0 spiro atoms. The normalized spacial score (nSPS) is 11.4. The number of ether oxygens (including phenoxy) is 1. The smallest absolute Gasteiger partial charge is 0.422 e. The van der Waals surface area contributed by atoms with Gasteiger partial charge < -0.3 is 19.9 Å². The van der Waals surface area contributed by atoms with E-state index in [-0.39, 0.29) is 19.0 Å². The van der Waals surface area contributed by atoms with E-state index in [1.165, 1.54) is 23.2 Å². The van der Waals surface area contributed by atoms with E-state index in [0.29, 0.717) is 24.2 Å². The minimum atomic E-state index is -4.47. The number of amides is 2. The molecule has 30 heavy (non-hydrogen) atoms. The number of aromatic nitrogens is 1. The molecule has 0 bridgehead atoms. The zero-order chi connectivity index (χ0) is 22.1. The van der Waals surface area contributed by atoms with Gasteiger partial charge in [0, 0.05) is 37.5 Å². The minimum absolute atomic E-state index is 0.0550. The van der Waals surface area contributed by atoms with Gasteiger partial charge in [0.25, 0.3) is 0 Å². The molecule has 0 aliphatic rings. The summed E-state index contributed by atoms with van der Waals surface area (Å²) in [6, 6.07) is 8.67. The van der Waals surface area contributed by atoms with Crippen molar-refractivity contribution in [2.24, 2.45) is 0 Å². The number of halogens is 4. The highest BCUT2D eigenvalue weighted by Crippen LogP contribution is 2.17. The van der Waals surface area contributed by atoms with Gasteiger partial charge in [-0.1, -0.05) is 18.2 Å². The van der Waals surface area contributed by atoms with Crippen molar-refractivity contribution in [3.8, 4) is 5.88 Å². The molecule has 164 valence electrons. The molecule has 1 heterocycles. The maximum atomic E-state index is 14.0. The molecule has 1 N–H and O–H groups in total. The predicted molar refractivity (Wildman–Crippen MR) is 103 cm³/mol. The van der Waals surface area contributed by atoms with Crippen LogP contribution in [-0.2, 0) is 13.1 Å². The number of hydrogen-bond acceptors (Lipinski definition) is 4. The summed E-state index contributed by atoms with van der Waals surface area (Å²) in [6.07, 6.45) is -3.16. The van der Waals surface area contributed by atoms with Crippen LogP contribution in [-0.4, -0.2) is 60.8 Å². The van der Waals surface area contributed by atoms with Crippen LogP contribution in [0, 0.1) is 5.82 Å². The first-order chi connectivity index (χ1) is 14.1. The van der Waals surface area contributed by atoms with Crippen LogP contribution in [0.5, 0.6) is 5.88 Å². The summed E-state index contributed by atoms with van der Waals surface area (Å²) in [4.78, 5) is 19.8. The Hall–Kier alpha value is -2.88. The average molecular weight is 428 g/mol. The summed E-state index contributed by atoms with van der Waals surface area (Å²) in [5.74, 6) is -0.587. The Labute approximate surface area is 172 Å². The summed E-state index contributed by atoms with van der Waals surface area (Å²) in [5.41, 5.74) is 0.909. The van der Waals surface area contributed by atoms with E-state index in [1.54, 1.807) is 24.3 Å². The van der Waals surface area contributed by atoms with Gasteiger partial charge in [-0.3, -0.25) is 0 Å². The Morgan fingerprint density at radius 2 is 1.90 bits per heavy atom. The lowest BCUT2D eigenvalue weighted by Crippen LogP contribution is -2.42. The van der Waals surface area contributed by atoms with Crippen molar-refractivity contribution in [3.05, 3.63) is 59.5 Å². The van der Waals surface area contributed by atoms with Gasteiger partial charge in [-0.2, -0.15) is 13.2 Å². The Balaban J connectivity index is 2.00. The summed E-state index contributed by atoms with van der Waals surface area (Å²) in [5, 5.41) is 2.70. The topological polar surface area (TPSA) is 57.7 Å². The molecule has 0 unspecified atom stereocenters. The van der Waals surface area contributed by atoms with Crippen molar-refractivity contribution in [1.29, 1.82) is 0 Å². The van der Waals surface area contributed by atoms with E-state index in [0.717, 1.165) is 0 Å². The van der Waals surface area contributed by atoms with E-state index in [4.69, 9.17) is 0 Å². The number of pyridine rings is 1. The molecular weight excluding hydrogens is 404 g/mol. The summed E-state index contributed by atoms with van der Waals surface area (Å²) < 4.78 is 55.4. The van der Waals surface area contributed by atoms with Gasteiger partial charge in [0.1, 0.15) is 5.82 Å². The van der Waals surface area contributed by atoms with Crippen molar-refractivity contribution in [2.45, 2.75) is 19.3 Å². The molecule has 1 aromatic heterocycles. The number of nitrogens with one attached hydrogen (secondary N) is 1. The summed E-state index contributed by atoms with van der Waals surface area (Å²) >= 11 is 0. The first-order valence-corrected chi connectivity index (χ1v) is 9.19. The minimum Gasteiger partial charge on any atom is -0.468 e. The Morgan fingerprint density at radius 3 is 2.57 bits per heavy atom. The van der Waals surface area contributed by atoms with Crippen molar-refractivity contribution in [2.75, 3.05) is 33.8 Å². The highest BCUT2D eigenvalue weighted by Gasteiger charge is 2.28. The van der Waals surface area contributed by atoms with Crippen LogP contribution in [0.15, 0.2) is 42.6 Å².